The average Bonchev–Trinajstić information content (AvgIpc) is 2.53. The fourth-order valence-electron chi connectivity index (χ4n) is 2.85. The predicted molar refractivity (Wildman–Crippen MR) is 83.3 cm³/mol. The number of carboxylic acids is 1. The Morgan fingerprint density at radius 1 is 1.19 bits per heavy atom. The topological polar surface area (TPSA) is 81.7 Å². The molecule has 1 fully saturated rings. The summed E-state index contributed by atoms with van der Waals surface area (Å²) in [7, 11) is 0. The van der Waals surface area contributed by atoms with E-state index in [2.05, 4.69) is 10.6 Å². The molecule has 1 aromatic carbocycles. The highest BCUT2D eigenvalue weighted by Gasteiger charge is 2.34. The van der Waals surface area contributed by atoms with Crippen LogP contribution in [0.5, 0.6) is 0 Å². The second-order valence-electron chi connectivity index (χ2n) is 6.05. The smallest absolute Gasteiger partial charge is 0.317 e. The lowest BCUT2D eigenvalue weighted by Gasteiger charge is -2.42. The molecule has 26 heavy (non-hydrogen) atoms. The first-order chi connectivity index (χ1) is 12.2. The van der Waals surface area contributed by atoms with Gasteiger partial charge in [-0.1, -0.05) is 6.92 Å². The third kappa shape index (κ3) is 4.63. The van der Waals surface area contributed by atoms with Crippen LogP contribution in [-0.2, 0) is 11.3 Å². The summed E-state index contributed by atoms with van der Waals surface area (Å²) in [6.45, 7) is 1.66. The van der Waals surface area contributed by atoms with Crippen LogP contribution in [-0.4, -0.2) is 47.2 Å². The number of carbonyl (C=O) groups excluding carboxylic acids is 1. The molecule has 0 aromatic heterocycles. The minimum Gasteiger partial charge on any atom is -0.480 e. The van der Waals surface area contributed by atoms with E-state index in [0.29, 0.717) is 19.4 Å². The van der Waals surface area contributed by atoms with E-state index in [1.54, 1.807) is 4.90 Å². The summed E-state index contributed by atoms with van der Waals surface area (Å²) >= 11 is 0. The maximum absolute atomic E-state index is 13.5. The van der Waals surface area contributed by atoms with Crippen molar-refractivity contribution in [2.24, 2.45) is 0 Å². The fraction of sp³-hybridized carbons (Fsp3) is 0.500. The molecule has 1 saturated carbocycles. The summed E-state index contributed by atoms with van der Waals surface area (Å²) in [5, 5.41) is 13.6. The van der Waals surface area contributed by atoms with Gasteiger partial charge in [0.15, 0.2) is 17.5 Å². The Hall–Kier alpha value is -2.36. The number of halogens is 4. The number of hydrogen-bond donors (Lipinski definition) is 3. The number of carboxylic acid groups (broad SMARTS) is 1. The van der Waals surface area contributed by atoms with Crippen molar-refractivity contribution in [1.82, 2.24) is 15.5 Å². The summed E-state index contributed by atoms with van der Waals surface area (Å²) in [5.41, 5.74) is -0.774. The van der Waals surface area contributed by atoms with Crippen molar-refractivity contribution in [3.8, 4) is 0 Å². The number of carbonyl (C=O) groups is 2. The fourth-order valence-corrected chi connectivity index (χ4v) is 2.85. The summed E-state index contributed by atoms with van der Waals surface area (Å²) < 4.78 is 53.0. The lowest BCUT2D eigenvalue weighted by atomic mass is 9.85. The van der Waals surface area contributed by atoms with Gasteiger partial charge in [-0.3, -0.25) is 9.69 Å². The molecular weight excluding hydrogens is 358 g/mol. The number of benzene rings is 1. The van der Waals surface area contributed by atoms with E-state index in [9.17, 15) is 27.2 Å². The first kappa shape index (κ1) is 20.0. The molecule has 1 aliphatic rings. The normalized spacial score (nSPS) is 19.2. The molecule has 0 atom stereocenters. The highest BCUT2D eigenvalue weighted by atomic mass is 19.2. The van der Waals surface area contributed by atoms with Crippen molar-refractivity contribution in [3.63, 3.8) is 0 Å². The SMILES string of the molecule is CCN(CC(=O)O)C1CC(NC(=O)NCc2c(F)cc(F)c(F)c2F)C1. The van der Waals surface area contributed by atoms with Crippen LogP contribution >= 0.6 is 0 Å². The van der Waals surface area contributed by atoms with Gasteiger partial charge in [-0.2, -0.15) is 0 Å². The number of rotatable bonds is 7. The van der Waals surface area contributed by atoms with Crippen LogP contribution in [0.3, 0.4) is 0 Å². The van der Waals surface area contributed by atoms with Crippen LogP contribution in [0.2, 0.25) is 0 Å². The van der Waals surface area contributed by atoms with Crippen LogP contribution in [0.4, 0.5) is 22.4 Å². The Kier molecular flexibility index (Phi) is 6.41. The molecule has 0 spiro atoms. The van der Waals surface area contributed by atoms with Gasteiger partial charge in [-0.05, 0) is 19.4 Å². The van der Waals surface area contributed by atoms with Gasteiger partial charge in [0.05, 0.1) is 13.1 Å². The van der Waals surface area contributed by atoms with Crippen molar-refractivity contribution < 1.29 is 32.3 Å². The van der Waals surface area contributed by atoms with Gasteiger partial charge in [0.2, 0.25) is 0 Å². The Balaban J connectivity index is 1.81. The van der Waals surface area contributed by atoms with Crippen molar-refractivity contribution in [2.45, 2.75) is 38.4 Å². The molecule has 2 rings (SSSR count). The van der Waals surface area contributed by atoms with Crippen LogP contribution in [0.1, 0.15) is 25.3 Å². The zero-order valence-corrected chi connectivity index (χ0v) is 14.0. The molecule has 0 radical (unpaired) electrons. The summed E-state index contributed by atoms with van der Waals surface area (Å²) in [5.74, 6) is -7.35. The molecule has 0 heterocycles. The first-order valence-electron chi connectivity index (χ1n) is 8.05. The van der Waals surface area contributed by atoms with E-state index in [-0.39, 0.29) is 24.7 Å². The lowest BCUT2D eigenvalue weighted by molar-refractivity contribution is -0.139. The zero-order valence-electron chi connectivity index (χ0n) is 14.0. The molecule has 1 aliphatic carbocycles. The third-order valence-corrected chi connectivity index (χ3v) is 4.34. The van der Waals surface area contributed by atoms with E-state index >= 15 is 0 Å². The largest absolute Gasteiger partial charge is 0.480 e. The highest BCUT2D eigenvalue weighted by molar-refractivity contribution is 5.74. The summed E-state index contributed by atoms with van der Waals surface area (Å²) in [6, 6.07) is -0.672. The Labute approximate surface area is 147 Å². The number of aliphatic carboxylic acids is 1. The number of nitrogens with zero attached hydrogens (tertiary/aromatic N) is 1. The molecule has 10 heteroatoms. The monoisotopic (exact) mass is 377 g/mol. The molecule has 0 unspecified atom stereocenters. The van der Waals surface area contributed by atoms with Crippen LogP contribution < -0.4 is 10.6 Å². The minimum atomic E-state index is -1.80. The maximum Gasteiger partial charge on any atom is 0.317 e. The van der Waals surface area contributed by atoms with E-state index < -0.39 is 47.4 Å². The molecule has 0 aliphatic heterocycles. The van der Waals surface area contributed by atoms with Crippen molar-refractivity contribution in [1.29, 1.82) is 0 Å². The van der Waals surface area contributed by atoms with Crippen LogP contribution in [0, 0.1) is 23.3 Å². The van der Waals surface area contributed by atoms with Gasteiger partial charge in [0.25, 0.3) is 0 Å². The standard InChI is InChI=1S/C16H19F4N3O3/c1-2-23(7-13(24)25)9-3-8(4-9)22-16(26)21-6-10-11(17)5-12(18)15(20)14(10)19/h5,8-9H,2-4,6-7H2,1H3,(H,24,25)(H2,21,22,26). The molecule has 0 saturated heterocycles. The van der Waals surface area contributed by atoms with Crippen molar-refractivity contribution in [3.05, 3.63) is 34.9 Å². The number of amides is 2. The second-order valence-corrected chi connectivity index (χ2v) is 6.05. The highest BCUT2D eigenvalue weighted by Crippen LogP contribution is 2.25. The van der Waals surface area contributed by atoms with Crippen molar-refractivity contribution >= 4 is 12.0 Å². The van der Waals surface area contributed by atoms with Crippen LogP contribution in [0.25, 0.3) is 0 Å². The van der Waals surface area contributed by atoms with E-state index in [1.807, 2.05) is 6.92 Å². The Morgan fingerprint density at radius 3 is 2.42 bits per heavy atom. The predicted octanol–water partition coefficient (Wildman–Crippen LogP) is 1.98. The maximum atomic E-state index is 13.5. The lowest BCUT2D eigenvalue weighted by Crippen LogP contribution is -2.56. The third-order valence-electron chi connectivity index (χ3n) is 4.34. The second kappa shape index (κ2) is 8.35. The van der Waals surface area contributed by atoms with Gasteiger partial charge in [0.1, 0.15) is 5.82 Å². The van der Waals surface area contributed by atoms with Gasteiger partial charge in [-0.15, -0.1) is 0 Å². The van der Waals surface area contributed by atoms with E-state index in [1.165, 1.54) is 0 Å². The van der Waals surface area contributed by atoms with E-state index in [0.717, 1.165) is 0 Å². The first-order valence-corrected chi connectivity index (χ1v) is 8.05. The van der Waals surface area contributed by atoms with E-state index in [4.69, 9.17) is 5.11 Å². The quantitative estimate of drug-likeness (QED) is 0.386. The van der Waals surface area contributed by atoms with Crippen LogP contribution in [0.15, 0.2) is 6.07 Å². The molecular formula is C16H19F4N3O3. The molecule has 3 N–H and O–H groups in total. The number of hydrogen-bond acceptors (Lipinski definition) is 3. The molecule has 144 valence electrons. The van der Waals surface area contributed by atoms with Gasteiger partial charge in [0, 0.05) is 23.7 Å². The molecule has 6 nitrogen and oxygen atoms in total. The molecule has 2 amide bonds. The number of urea groups is 1. The zero-order chi connectivity index (χ0) is 19.4. The minimum absolute atomic E-state index is 0.0301. The van der Waals surface area contributed by atoms with Gasteiger partial charge in [-0.25, -0.2) is 22.4 Å². The Bertz CT molecular complexity index is 696. The van der Waals surface area contributed by atoms with Crippen molar-refractivity contribution in [2.75, 3.05) is 13.1 Å². The summed E-state index contributed by atoms with van der Waals surface area (Å²) in [6.07, 6.45) is 1.09. The van der Waals surface area contributed by atoms with Gasteiger partial charge >= 0.3 is 12.0 Å². The molecule has 1 aromatic rings. The summed E-state index contributed by atoms with van der Waals surface area (Å²) in [4.78, 5) is 24.3. The average molecular weight is 377 g/mol. The number of nitrogens with one attached hydrogen (secondary N) is 2. The Morgan fingerprint density at radius 2 is 1.85 bits per heavy atom. The molecule has 0 bridgehead atoms. The van der Waals surface area contributed by atoms with Gasteiger partial charge < -0.3 is 15.7 Å². The number of likely N-dealkylation sites (N-methyl/N-ethyl adjacent to an activating group) is 1.